The number of benzene rings is 1. The highest BCUT2D eigenvalue weighted by Gasteiger charge is 2.12. The first-order valence-corrected chi connectivity index (χ1v) is 6.36. The first-order valence-electron chi connectivity index (χ1n) is 6.36. The van der Waals surface area contributed by atoms with Gasteiger partial charge in [-0.1, -0.05) is 6.92 Å². The molecule has 0 atom stereocenters. The van der Waals surface area contributed by atoms with Crippen LogP contribution in [-0.2, 0) is 6.42 Å². The smallest absolute Gasteiger partial charge is 0.211 e. The van der Waals surface area contributed by atoms with Crippen LogP contribution in [0.2, 0.25) is 0 Å². The zero-order valence-electron chi connectivity index (χ0n) is 11.4. The number of aromatic nitrogens is 1. The van der Waals surface area contributed by atoms with Crippen molar-refractivity contribution in [3.63, 3.8) is 0 Å². The Labute approximate surface area is 123 Å². The van der Waals surface area contributed by atoms with E-state index in [4.69, 9.17) is 4.74 Å². The molecule has 0 saturated carbocycles. The lowest BCUT2D eigenvalue weighted by atomic mass is 10.1. The summed E-state index contributed by atoms with van der Waals surface area (Å²) in [5, 5.41) is 11.8. The molecule has 0 fully saturated rings. The predicted molar refractivity (Wildman–Crippen MR) is 74.7 cm³/mol. The molecule has 0 radical (unpaired) electrons. The Morgan fingerprint density at radius 2 is 1.95 bits per heavy atom. The van der Waals surface area contributed by atoms with Gasteiger partial charge in [-0.2, -0.15) is 4.40 Å². The van der Waals surface area contributed by atoms with Gasteiger partial charge in [0.25, 0.3) is 0 Å². The number of phenols is 1. The molecule has 0 aliphatic heterocycles. The minimum atomic E-state index is 0. The Balaban J connectivity index is 0.00000147. The fraction of sp³-hybridized carbons (Fsp3) is 0.188. The van der Waals surface area contributed by atoms with Gasteiger partial charge in [-0.3, -0.25) is 0 Å². The molecule has 0 bridgehead atoms. The van der Waals surface area contributed by atoms with Crippen LogP contribution < -0.4 is 21.5 Å². The molecule has 1 N–H and O–H groups in total. The number of nitrogens with zero attached hydrogens (tertiary/aromatic N) is 1. The molecule has 4 heteroatoms. The fourth-order valence-corrected chi connectivity index (χ4v) is 2.40. The Morgan fingerprint density at radius 3 is 2.65 bits per heavy atom. The van der Waals surface area contributed by atoms with Crippen LogP contribution in [0.3, 0.4) is 0 Å². The maximum absolute atomic E-state index is 9.83. The highest BCUT2D eigenvalue weighted by atomic mass is 35.5. The van der Waals surface area contributed by atoms with E-state index in [0.717, 1.165) is 22.7 Å². The summed E-state index contributed by atoms with van der Waals surface area (Å²) in [6.45, 7) is 2.14. The van der Waals surface area contributed by atoms with Crippen molar-refractivity contribution in [3.8, 4) is 11.5 Å². The third-order valence-corrected chi connectivity index (χ3v) is 3.46. The number of methoxy groups -OCH3 is 1. The molecule has 3 nitrogen and oxygen atoms in total. The van der Waals surface area contributed by atoms with Crippen molar-refractivity contribution in [2.75, 3.05) is 7.11 Å². The molecule has 0 amide bonds. The normalized spacial score (nSPS) is 10.5. The Kier molecular flexibility index (Phi) is 4.00. The lowest BCUT2D eigenvalue weighted by Crippen LogP contribution is -3.00. The maximum Gasteiger partial charge on any atom is 0.211 e. The molecule has 3 rings (SSSR count). The van der Waals surface area contributed by atoms with E-state index in [1.54, 1.807) is 13.2 Å². The number of phenolic OH excluding ortho intramolecular Hbond substituents is 1. The molecule has 0 aliphatic rings. The summed E-state index contributed by atoms with van der Waals surface area (Å²) >= 11 is 0. The second-order valence-electron chi connectivity index (χ2n) is 4.62. The van der Waals surface area contributed by atoms with Crippen molar-refractivity contribution >= 4 is 16.3 Å². The number of hydrogen-bond donors (Lipinski definition) is 1. The number of hydrogen-bond acceptors (Lipinski definition) is 2. The van der Waals surface area contributed by atoms with Gasteiger partial charge in [0.15, 0.2) is 23.9 Å². The van der Waals surface area contributed by atoms with Crippen LogP contribution in [0.15, 0.2) is 42.7 Å². The van der Waals surface area contributed by atoms with Crippen molar-refractivity contribution < 1.29 is 26.7 Å². The SMILES string of the molecule is CCc1ccc2cc3c(OC)c(O)ccc3c[n+]2c1.[Cl-]. The van der Waals surface area contributed by atoms with Crippen molar-refractivity contribution in [2.24, 2.45) is 0 Å². The number of ether oxygens (including phenoxy) is 1. The molecule has 2 heterocycles. The largest absolute Gasteiger partial charge is 1.00 e. The third-order valence-electron chi connectivity index (χ3n) is 3.46. The Hall–Kier alpha value is -2.00. The number of fused-ring (bicyclic) bond motifs is 2. The van der Waals surface area contributed by atoms with Crippen LogP contribution in [0.25, 0.3) is 16.3 Å². The second kappa shape index (κ2) is 5.55. The van der Waals surface area contributed by atoms with Gasteiger partial charge in [-0.25, -0.2) is 0 Å². The van der Waals surface area contributed by atoms with Gasteiger partial charge in [0, 0.05) is 23.1 Å². The van der Waals surface area contributed by atoms with Crippen molar-refractivity contribution in [3.05, 3.63) is 48.3 Å². The number of aromatic hydroxyl groups is 1. The summed E-state index contributed by atoms with van der Waals surface area (Å²) in [6, 6.07) is 9.81. The average molecular weight is 290 g/mol. The van der Waals surface area contributed by atoms with E-state index >= 15 is 0 Å². The zero-order valence-corrected chi connectivity index (χ0v) is 12.2. The summed E-state index contributed by atoms with van der Waals surface area (Å²) in [5.74, 6) is 0.698. The van der Waals surface area contributed by atoms with E-state index in [9.17, 15) is 5.11 Å². The molecule has 20 heavy (non-hydrogen) atoms. The van der Waals surface area contributed by atoms with Crippen LogP contribution >= 0.6 is 0 Å². The van der Waals surface area contributed by atoms with Crippen LogP contribution in [0, 0.1) is 0 Å². The molecule has 1 aromatic carbocycles. The molecule has 0 saturated heterocycles. The van der Waals surface area contributed by atoms with Crippen LogP contribution in [0.1, 0.15) is 12.5 Å². The molecular formula is C16H16ClNO2. The predicted octanol–water partition coefficient (Wildman–Crippen LogP) is -0.141. The molecule has 104 valence electrons. The van der Waals surface area contributed by atoms with Crippen molar-refractivity contribution in [1.29, 1.82) is 0 Å². The van der Waals surface area contributed by atoms with Gasteiger partial charge in [0.05, 0.1) is 12.5 Å². The Morgan fingerprint density at radius 1 is 1.15 bits per heavy atom. The van der Waals surface area contributed by atoms with Crippen LogP contribution in [0.5, 0.6) is 11.5 Å². The van der Waals surface area contributed by atoms with Crippen LogP contribution in [-0.4, -0.2) is 12.2 Å². The van der Waals surface area contributed by atoms with Crippen LogP contribution in [0.4, 0.5) is 0 Å². The summed E-state index contributed by atoms with van der Waals surface area (Å²) in [6.07, 6.45) is 5.21. The van der Waals surface area contributed by atoms with Gasteiger partial charge in [0.1, 0.15) is 0 Å². The number of halogens is 1. The molecule has 0 aliphatic carbocycles. The lowest BCUT2D eigenvalue weighted by Gasteiger charge is -2.06. The summed E-state index contributed by atoms with van der Waals surface area (Å²) < 4.78 is 7.40. The summed E-state index contributed by atoms with van der Waals surface area (Å²) in [4.78, 5) is 0. The van der Waals surface area contributed by atoms with E-state index in [1.165, 1.54) is 5.56 Å². The summed E-state index contributed by atoms with van der Waals surface area (Å²) in [5.41, 5.74) is 2.37. The highest BCUT2D eigenvalue weighted by Crippen LogP contribution is 2.34. The van der Waals surface area contributed by atoms with Crippen molar-refractivity contribution in [2.45, 2.75) is 13.3 Å². The zero-order chi connectivity index (χ0) is 13.4. The fourth-order valence-electron chi connectivity index (χ4n) is 2.40. The Bertz CT molecular complexity index is 771. The number of aryl methyl sites for hydroxylation is 1. The molecule has 0 unspecified atom stereocenters. The van der Waals surface area contributed by atoms with Gasteiger partial charge in [0.2, 0.25) is 5.52 Å². The first-order chi connectivity index (χ1) is 9.22. The highest BCUT2D eigenvalue weighted by molar-refractivity contribution is 5.91. The minimum Gasteiger partial charge on any atom is -1.00 e. The van der Waals surface area contributed by atoms with Gasteiger partial charge >= 0.3 is 0 Å². The quantitative estimate of drug-likeness (QED) is 0.526. The molecule has 2 aromatic heterocycles. The number of pyridine rings is 2. The van der Waals surface area contributed by atoms with E-state index in [0.29, 0.717) is 5.75 Å². The lowest BCUT2D eigenvalue weighted by molar-refractivity contribution is -0.510. The number of rotatable bonds is 2. The van der Waals surface area contributed by atoms with Gasteiger partial charge in [-0.05, 0) is 24.6 Å². The molecule has 3 aromatic rings. The monoisotopic (exact) mass is 289 g/mol. The average Bonchev–Trinajstić information content (AvgIpc) is 2.44. The van der Waals surface area contributed by atoms with Gasteiger partial charge < -0.3 is 22.3 Å². The molecular weight excluding hydrogens is 274 g/mol. The second-order valence-corrected chi connectivity index (χ2v) is 4.62. The van der Waals surface area contributed by atoms with Gasteiger partial charge in [-0.15, -0.1) is 0 Å². The van der Waals surface area contributed by atoms with E-state index in [1.807, 2.05) is 12.1 Å². The minimum absolute atomic E-state index is 0. The maximum atomic E-state index is 9.83. The molecule has 0 spiro atoms. The van der Waals surface area contributed by atoms with E-state index in [-0.39, 0.29) is 18.2 Å². The summed E-state index contributed by atoms with van der Waals surface area (Å²) in [7, 11) is 1.58. The third kappa shape index (κ3) is 2.25. The van der Waals surface area contributed by atoms with E-state index < -0.39 is 0 Å². The topological polar surface area (TPSA) is 33.6 Å². The van der Waals surface area contributed by atoms with Crippen molar-refractivity contribution in [1.82, 2.24) is 0 Å². The first kappa shape index (κ1) is 14.4. The standard InChI is InChI=1S/C16H15NO2.ClH/c1-3-11-4-6-13-8-14-12(10-17(13)9-11)5-7-15(18)16(14)19-2;/h4-10H,3H2,1-2H3;1H. The van der Waals surface area contributed by atoms with E-state index in [2.05, 4.69) is 35.9 Å².